The molecule has 1 aliphatic rings. The summed E-state index contributed by atoms with van der Waals surface area (Å²) in [5.74, 6) is 0. The lowest BCUT2D eigenvalue weighted by Gasteiger charge is -2.17. The average Bonchev–Trinajstić information content (AvgIpc) is 2.85. The van der Waals surface area contributed by atoms with Crippen molar-refractivity contribution < 1.29 is 13.0 Å². The van der Waals surface area contributed by atoms with E-state index in [1.165, 1.54) is 0 Å². The van der Waals surface area contributed by atoms with Gasteiger partial charge in [-0.05, 0) is 64.4 Å². The van der Waals surface area contributed by atoms with Gasteiger partial charge in [0.25, 0.3) is 10.1 Å². The number of aryl methyl sites for hydroxylation is 2. The lowest BCUT2D eigenvalue weighted by molar-refractivity contribution is 0.482. The van der Waals surface area contributed by atoms with Crippen LogP contribution in [0.4, 0.5) is 0 Å². The highest BCUT2D eigenvalue weighted by molar-refractivity contribution is 7.85. The second-order valence-corrected chi connectivity index (χ2v) is 9.81. The van der Waals surface area contributed by atoms with E-state index >= 15 is 0 Å². The van der Waals surface area contributed by atoms with E-state index < -0.39 is 10.1 Å². The molecule has 1 aliphatic carbocycles. The Hall–Kier alpha value is -2.43. The molecule has 158 valence electrons. The zero-order valence-electron chi connectivity index (χ0n) is 18.4. The minimum absolute atomic E-state index is 0.0123. The van der Waals surface area contributed by atoms with Gasteiger partial charge in [0.1, 0.15) is 0 Å². The van der Waals surface area contributed by atoms with Gasteiger partial charge in [-0.15, -0.1) is 0 Å². The Kier molecular flexibility index (Phi) is 6.21. The topological polar surface area (TPSA) is 54.4 Å². The first-order chi connectivity index (χ1) is 14.1. The summed E-state index contributed by atoms with van der Waals surface area (Å²) in [5.41, 5.74) is 4.79. The van der Waals surface area contributed by atoms with E-state index in [0.29, 0.717) is 18.4 Å². The van der Waals surface area contributed by atoms with Crippen molar-refractivity contribution in [3.63, 3.8) is 0 Å². The van der Waals surface area contributed by atoms with Gasteiger partial charge >= 0.3 is 0 Å². The Labute approximate surface area is 180 Å². The number of hydrogen-bond donors (Lipinski definition) is 1. The third kappa shape index (κ3) is 4.50. The minimum Gasteiger partial charge on any atom is -0.282 e. The Morgan fingerprint density at radius 1 is 1.00 bits per heavy atom. The molecule has 0 bridgehead atoms. The van der Waals surface area contributed by atoms with Crippen molar-refractivity contribution in [2.75, 3.05) is 0 Å². The molecule has 2 aromatic carbocycles. The summed E-state index contributed by atoms with van der Waals surface area (Å²) >= 11 is 0. The van der Waals surface area contributed by atoms with Crippen molar-refractivity contribution in [1.29, 1.82) is 0 Å². The molecule has 2 aromatic rings. The van der Waals surface area contributed by atoms with Gasteiger partial charge < -0.3 is 0 Å². The number of hydrogen-bond acceptors (Lipinski definition) is 2. The quantitative estimate of drug-likeness (QED) is 0.552. The van der Waals surface area contributed by atoms with Crippen LogP contribution in [0.15, 0.2) is 65.1 Å². The van der Waals surface area contributed by atoms with Gasteiger partial charge in [0.05, 0.1) is 4.90 Å². The molecule has 0 amide bonds. The number of fused-ring (bicyclic) bond motifs is 1. The molecule has 30 heavy (non-hydrogen) atoms. The normalized spacial score (nSPS) is 16.3. The highest BCUT2D eigenvalue weighted by atomic mass is 32.2. The van der Waals surface area contributed by atoms with E-state index in [0.717, 1.165) is 33.0 Å². The first-order valence-electron chi connectivity index (χ1n) is 10.4. The first kappa shape index (κ1) is 22.3. The molecule has 4 heteroatoms. The van der Waals surface area contributed by atoms with Crippen LogP contribution < -0.4 is 0 Å². The Bertz CT molecular complexity index is 1210. The van der Waals surface area contributed by atoms with Crippen molar-refractivity contribution in [1.82, 2.24) is 0 Å². The molecule has 0 aromatic heterocycles. The van der Waals surface area contributed by atoms with Gasteiger partial charge in [-0.25, -0.2) is 0 Å². The monoisotopic (exact) mass is 422 g/mol. The van der Waals surface area contributed by atoms with Gasteiger partial charge in [-0.1, -0.05) is 82.4 Å². The maximum absolute atomic E-state index is 12.1. The molecule has 3 nitrogen and oxygen atoms in total. The Morgan fingerprint density at radius 3 is 2.33 bits per heavy atom. The van der Waals surface area contributed by atoms with Crippen LogP contribution in [0, 0.1) is 12.3 Å². The molecule has 0 saturated carbocycles. The zero-order valence-corrected chi connectivity index (χ0v) is 19.2. The molecule has 0 aliphatic heterocycles. The van der Waals surface area contributed by atoms with E-state index in [2.05, 4.69) is 62.4 Å². The Morgan fingerprint density at radius 2 is 1.70 bits per heavy atom. The summed E-state index contributed by atoms with van der Waals surface area (Å²) in [6, 6.07) is 5.77. The number of benzene rings is 2. The highest BCUT2D eigenvalue weighted by Gasteiger charge is 2.21. The molecule has 0 spiro atoms. The molecule has 1 N–H and O–H groups in total. The molecular formula is C26H30O3S. The molecular weight excluding hydrogens is 392 g/mol. The predicted octanol–water partition coefficient (Wildman–Crippen LogP) is 6.61. The summed E-state index contributed by atoms with van der Waals surface area (Å²) in [6.45, 7) is 10.3. The zero-order chi connectivity index (χ0) is 22.1. The van der Waals surface area contributed by atoms with Crippen molar-refractivity contribution in [2.45, 2.75) is 52.4 Å². The van der Waals surface area contributed by atoms with Crippen LogP contribution in [0.1, 0.15) is 49.9 Å². The van der Waals surface area contributed by atoms with Crippen LogP contribution in [-0.2, 0) is 23.0 Å². The number of allylic oxidation sites excluding steroid dienone is 7. The molecule has 0 heterocycles. The van der Waals surface area contributed by atoms with Gasteiger partial charge in [0.2, 0.25) is 0 Å². The first-order valence-corrected chi connectivity index (χ1v) is 11.8. The third-order valence-corrected chi connectivity index (χ3v) is 6.63. The summed E-state index contributed by atoms with van der Waals surface area (Å²) in [5, 5.41) is 1.89. The highest BCUT2D eigenvalue weighted by Crippen LogP contribution is 2.34. The van der Waals surface area contributed by atoms with Crippen LogP contribution in [0.5, 0.6) is 0 Å². The SMILES string of the molecule is CCc1c(S(=O)(=O)O)cc2c(C=CC3=CC=CC(C)(C)C=C3)c(C)ccc2c1CC. The van der Waals surface area contributed by atoms with Crippen LogP contribution in [0.3, 0.4) is 0 Å². The van der Waals surface area contributed by atoms with Gasteiger partial charge in [0, 0.05) is 5.41 Å². The fraction of sp³-hybridized carbons (Fsp3) is 0.308. The smallest absolute Gasteiger partial charge is 0.282 e. The summed E-state index contributed by atoms with van der Waals surface area (Å²) in [6.07, 6.45) is 15.9. The molecule has 3 rings (SSSR count). The van der Waals surface area contributed by atoms with Crippen molar-refractivity contribution in [3.8, 4) is 0 Å². The summed E-state index contributed by atoms with van der Waals surface area (Å²) < 4.78 is 34.2. The van der Waals surface area contributed by atoms with Crippen molar-refractivity contribution >= 4 is 27.0 Å². The van der Waals surface area contributed by atoms with Crippen LogP contribution in [-0.4, -0.2) is 13.0 Å². The van der Waals surface area contributed by atoms with E-state index in [-0.39, 0.29) is 10.3 Å². The van der Waals surface area contributed by atoms with E-state index in [1.807, 2.05) is 26.8 Å². The summed E-state index contributed by atoms with van der Waals surface area (Å²) in [4.78, 5) is 0.0212. The van der Waals surface area contributed by atoms with E-state index in [4.69, 9.17) is 0 Å². The Balaban J connectivity index is 2.24. The van der Waals surface area contributed by atoms with Crippen LogP contribution >= 0.6 is 0 Å². The lowest BCUT2D eigenvalue weighted by atomic mass is 9.91. The second kappa shape index (κ2) is 8.37. The average molecular weight is 423 g/mol. The van der Waals surface area contributed by atoms with Crippen molar-refractivity contribution in [3.05, 3.63) is 82.5 Å². The minimum atomic E-state index is -4.31. The van der Waals surface area contributed by atoms with E-state index in [9.17, 15) is 13.0 Å². The lowest BCUT2D eigenvalue weighted by Crippen LogP contribution is -2.07. The third-order valence-electron chi connectivity index (χ3n) is 5.71. The van der Waals surface area contributed by atoms with Gasteiger partial charge in [-0.2, -0.15) is 8.42 Å². The van der Waals surface area contributed by atoms with Crippen molar-refractivity contribution in [2.24, 2.45) is 5.41 Å². The van der Waals surface area contributed by atoms with Gasteiger partial charge in [-0.3, -0.25) is 4.55 Å². The maximum Gasteiger partial charge on any atom is 0.294 e. The predicted molar refractivity (Wildman–Crippen MR) is 126 cm³/mol. The van der Waals surface area contributed by atoms with Crippen LogP contribution in [0.2, 0.25) is 0 Å². The standard InChI is InChI=1S/C26H30O3S/c1-6-20-21(7-2)25(30(27,28)29)17-24-22(18(3)10-12-23(20)24)13-11-19-9-8-15-26(4,5)16-14-19/h8-17H,6-7H2,1-5H3,(H,27,28,29). The largest absolute Gasteiger partial charge is 0.294 e. The van der Waals surface area contributed by atoms with Gasteiger partial charge in [0.15, 0.2) is 0 Å². The molecule has 0 unspecified atom stereocenters. The maximum atomic E-state index is 12.1. The number of rotatable bonds is 5. The second-order valence-electron chi connectivity index (χ2n) is 8.42. The molecule has 0 radical (unpaired) electrons. The van der Waals surface area contributed by atoms with E-state index in [1.54, 1.807) is 6.07 Å². The van der Waals surface area contributed by atoms with Crippen LogP contribution in [0.25, 0.3) is 16.8 Å². The summed E-state index contributed by atoms with van der Waals surface area (Å²) in [7, 11) is -4.31. The fourth-order valence-corrected chi connectivity index (χ4v) is 4.90. The molecule has 0 fully saturated rings. The fourth-order valence-electron chi connectivity index (χ4n) is 4.06. The molecule has 0 atom stereocenters. The molecule has 0 saturated heterocycles.